The molecule has 0 radical (unpaired) electrons. The summed E-state index contributed by atoms with van der Waals surface area (Å²) in [5, 5.41) is 3.56. The fraction of sp³-hybridized carbons (Fsp3) is 0.357. The van der Waals surface area contributed by atoms with Crippen molar-refractivity contribution in [2.75, 3.05) is 39.0 Å². The minimum absolute atomic E-state index is 0.0146. The number of thiophene rings is 1. The molecule has 1 aromatic heterocycles. The number of hydrogen-bond acceptors (Lipinski definition) is 6. The summed E-state index contributed by atoms with van der Waals surface area (Å²) in [7, 11) is -0.654. The van der Waals surface area contributed by atoms with E-state index in [1.54, 1.807) is 0 Å². The molecule has 10 heteroatoms. The number of sulfonamides is 1. The summed E-state index contributed by atoms with van der Waals surface area (Å²) in [5.74, 6) is -0.381. The number of nitrogens with zero attached hydrogens (tertiary/aromatic N) is 3. The first-order chi connectivity index (χ1) is 18.2. The van der Waals surface area contributed by atoms with E-state index in [1.807, 2.05) is 23.1 Å². The molecule has 3 aromatic rings. The second-order valence-electron chi connectivity index (χ2n) is 9.92. The van der Waals surface area contributed by atoms with Crippen LogP contribution < -0.4 is 5.32 Å². The van der Waals surface area contributed by atoms with Gasteiger partial charge in [0.05, 0.1) is 10.5 Å². The van der Waals surface area contributed by atoms with Gasteiger partial charge in [0.15, 0.2) is 0 Å². The molecule has 1 fully saturated rings. The number of carbonyl (C=O) groups excluding carboxylic acids is 2. The van der Waals surface area contributed by atoms with E-state index in [2.05, 4.69) is 22.3 Å². The van der Waals surface area contributed by atoms with Crippen molar-refractivity contribution >= 4 is 38.2 Å². The van der Waals surface area contributed by atoms with Crippen molar-refractivity contribution in [3.8, 4) is 0 Å². The number of anilines is 1. The van der Waals surface area contributed by atoms with Gasteiger partial charge in [-0.2, -0.15) is 0 Å². The van der Waals surface area contributed by atoms with E-state index in [0.29, 0.717) is 16.1 Å². The van der Waals surface area contributed by atoms with Gasteiger partial charge in [0, 0.05) is 57.3 Å². The van der Waals surface area contributed by atoms with Crippen LogP contribution in [0, 0.1) is 0 Å². The Morgan fingerprint density at radius 3 is 2.32 bits per heavy atom. The lowest BCUT2D eigenvalue weighted by Gasteiger charge is -2.27. The third kappa shape index (κ3) is 5.40. The van der Waals surface area contributed by atoms with E-state index in [1.165, 1.54) is 55.3 Å². The smallest absolute Gasteiger partial charge is 0.257 e. The molecule has 1 N–H and O–H groups in total. The molecule has 38 heavy (non-hydrogen) atoms. The van der Waals surface area contributed by atoms with E-state index in [0.717, 1.165) is 66.7 Å². The molecule has 200 valence electrons. The zero-order chi connectivity index (χ0) is 26.9. The van der Waals surface area contributed by atoms with Gasteiger partial charge in [-0.05, 0) is 54.7 Å². The van der Waals surface area contributed by atoms with Crippen LogP contribution >= 0.6 is 11.3 Å². The molecule has 0 saturated carbocycles. The normalized spacial score (nSPS) is 16.0. The highest BCUT2D eigenvalue weighted by molar-refractivity contribution is 7.89. The average molecular weight is 553 g/mol. The van der Waals surface area contributed by atoms with Gasteiger partial charge < -0.3 is 10.2 Å². The molecule has 0 spiro atoms. The van der Waals surface area contributed by atoms with Crippen LogP contribution in [0.3, 0.4) is 0 Å². The lowest BCUT2D eigenvalue weighted by molar-refractivity contribution is 0.0792. The fourth-order valence-corrected chi connectivity index (χ4v) is 7.17. The van der Waals surface area contributed by atoms with Crippen LogP contribution in [0.1, 0.15) is 49.6 Å². The average Bonchev–Trinajstić information content (AvgIpc) is 3.57. The third-order valence-electron chi connectivity index (χ3n) is 7.11. The maximum Gasteiger partial charge on any atom is 0.257 e. The topological polar surface area (TPSA) is 90.0 Å². The standard InChI is InChI=1S/C28H32N4O4S2/c1-30(2)38(35,36)22-12-10-21(11-13-22)26(33)29-27-25(28(34)32-15-6-7-16-32)23-14-17-31(19-24(23)37-27)18-20-8-4-3-5-9-20/h3-5,8-13H,6-7,14-19H2,1-2H3,(H,29,33). The van der Waals surface area contributed by atoms with E-state index in [9.17, 15) is 18.0 Å². The molecule has 2 amide bonds. The molecule has 0 bridgehead atoms. The van der Waals surface area contributed by atoms with Gasteiger partial charge in [0.2, 0.25) is 10.0 Å². The number of hydrogen-bond donors (Lipinski definition) is 1. The largest absolute Gasteiger partial charge is 0.339 e. The zero-order valence-electron chi connectivity index (χ0n) is 21.6. The van der Waals surface area contributed by atoms with E-state index < -0.39 is 10.0 Å². The van der Waals surface area contributed by atoms with Crippen LogP contribution in [-0.4, -0.2) is 68.1 Å². The van der Waals surface area contributed by atoms with Gasteiger partial charge in [-0.15, -0.1) is 11.3 Å². The monoisotopic (exact) mass is 552 g/mol. The van der Waals surface area contributed by atoms with Crippen molar-refractivity contribution < 1.29 is 18.0 Å². The van der Waals surface area contributed by atoms with Crippen LogP contribution in [0.4, 0.5) is 5.00 Å². The third-order valence-corrected chi connectivity index (χ3v) is 10.1. The van der Waals surface area contributed by atoms with Gasteiger partial charge in [0.1, 0.15) is 5.00 Å². The van der Waals surface area contributed by atoms with Crippen molar-refractivity contribution in [2.45, 2.75) is 37.2 Å². The lowest BCUT2D eigenvalue weighted by Crippen LogP contribution is -2.32. The quantitative estimate of drug-likeness (QED) is 0.478. The molecule has 0 aliphatic carbocycles. The van der Waals surface area contributed by atoms with E-state index in [-0.39, 0.29) is 16.7 Å². The summed E-state index contributed by atoms with van der Waals surface area (Å²) in [5.41, 5.74) is 3.24. The Bertz CT molecular complexity index is 1430. The second kappa shape index (κ2) is 11.0. The highest BCUT2D eigenvalue weighted by atomic mass is 32.2. The fourth-order valence-electron chi connectivity index (χ4n) is 4.99. The van der Waals surface area contributed by atoms with Gasteiger partial charge >= 0.3 is 0 Å². The number of carbonyl (C=O) groups is 2. The highest BCUT2D eigenvalue weighted by Crippen LogP contribution is 2.39. The number of nitrogens with one attached hydrogen (secondary N) is 1. The van der Waals surface area contributed by atoms with Crippen LogP contribution in [0.2, 0.25) is 0 Å². The Labute approximate surface area is 227 Å². The summed E-state index contributed by atoms with van der Waals surface area (Å²) in [6.07, 6.45) is 2.74. The summed E-state index contributed by atoms with van der Waals surface area (Å²) in [4.78, 5) is 32.3. The molecular formula is C28H32N4O4S2. The number of rotatable bonds is 7. The molecule has 1 saturated heterocycles. The maximum absolute atomic E-state index is 13.6. The predicted octanol–water partition coefficient (Wildman–Crippen LogP) is 4.05. The highest BCUT2D eigenvalue weighted by Gasteiger charge is 2.32. The first-order valence-corrected chi connectivity index (χ1v) is 15.0. The number of likely N-dealkylation sites (tertiary alicyclic amines) is 1. The van der Waals surface area contributed by atoms with Crippen molar-refractivity contribution in [1.82, 2.24) is 14.1 Å². The number of benzene rings is 2. The van der Waals surface area contributed by atoms with Gasteiger partial charge in [-0.25, -0.2) is 12.7 Å². The van der Waals surface area contributed by atoms with Crippen molar-refractivity contribution in [3.05, 3.63) is 81.7 Å². The Kier molecular flexibility index (Phi) is 7.67. The minimum Gasteiger partial charge on any atom is -0.339 e. The second-order valence-corrected chi connectivity index (χ2v) is 13.2. The van der Waals surface area contributed by atoms with E-state index in [4.69, 9.17) is 0 Å². The molecule has 8 nitrogen and oxygen atoms in total. The summed E-state index contributed by atoms with van der Waals surface area (Å²) in [6, 6.07) is 16.2. The zero-order valence-corrected chi connectivity index (χ0v) is 23.3. The molecule has 3 heterocycles. The maximum atomic E-state index is 13.6. The van der Waals surface area contributed by atoms with Crippen LogP contribution in [0.15, 0.2) is 59.5 Å². The van der Waals surface area contributed by atoms with Gasteiger partial charge in [-0.3, -0.25) is 14.5 Å². The van der Waals surface area contributed by atoms with E-state index >= 15 is 0 Å². The molecule has 2 aliphatic rings. The summed E-state index contributed by atoms with van der Waals surface area (Å²) >= 11 is 1.47. The molecule has 5 rings (SSSR count). The van der Waals surface area contributed by atoms with Crippen molar-refractivity contribution in [1.29, 1.82) is 0 Å². The number of fused-ring (bicyclic) bond motifs is 1. The molecule has 2 aliphatic heterocycles. The van der Waals surface area contributed by atoms with Crippen LogP contribution in [0.5, 0.6) is 0 Å². The van der Waals surface area contributed by atoms with Crippen LogP contribution in [-0.2, 0) is 29.5 Å². The Hall–Kier alpha value is -3.05. The first kappa shape index (κ1) is 26.6. The van der Waals surface area contributed by atoms with Crippen LogP contribution in [0.25, 0.3) is 0 Å². The van der Waals surface area contributed by atoms with Gasteiger partial charge in [-0.1, -0.05) is 30.3 Å². The minimum atomic E-state index is -3.59. The SMILES string of the molecule is CN(C)S(=O)(=O)c1ccc(C(=O)Nc2sc3c(c2C(=O)N2CCCC2)CCN(Cc2ccccc2)C3)cc1. The Balaban J connectivity index is 1.41. The molecule has 2 aromatic carbocycles. The summed E-state index contributed by atoms with van der Waals surface area (Å²) in [6.45, 7) is 3.87. The molecule has 0 unspecified atom stereocenters. The first-order valence-electron chi connectivity index (χ1n) is 12.8. The Morgan fingerprint density at radius 2 is 1.66 bits per heavy atom. The van der Waals surface area contributed by atoms with Crippen molar-refractivity contribution in [2.24, 2.45) is 0 Å². The lowest BCUT2D eigenvalue weighted by atomic mass is 10.0. The Morgan fingerprint density at radius 1 is 0.974 bits per heavy atom. The molecular weight excluding hydrogens is 520 g/mol. The predicted molar refractivity (Wildman–Crippen MR) is 149 cm³/mol. The number of amides is 2. The molecule has 0 atom stereocenters. The summed E-state index contributed by atoms with van der Waals surface area (Å²) < 4.78 is 25.9. The van der Waals surface area contributed by atoms with Crippen molar-refractivity contribution in [3.63, 3.8) is 0 Å². The van der Waals surface area contributed by atoms with Gasteiger partial charge in [0.25, 0.3) is 11.8 Å².